The molecule has 0 spiro atoms. The number of morpholine rings is 1. The predicted molar refractivity (Wildman–Crippen MR) is 68.7 cm³/mol. The van der Waals surface area contributed by atoms with E-state index in [1.165, 1.54) is 25.7 Å². The van der Waals surface area contributed by atoms with E-state index in [2.05, 4.69) is 25.4 Å². The van der Waals surface area contributed by atoms with Crippen molar-refractivity contribution in [3.63, 3.8) is 0 Å². The molecule has 1 aromatic rings. The molecule has 1 aliphatic heterocycles. The van der Waals surface area contributed by atoms with Crippen LogP contribution in [0.3, 0.4) is 0 Å². The first-order valence-corrected chi connectivity index (χ1v) is 6.71. The molecular weight excluding hydrogens is 230 g/mol. The number of anilines is 2. The summed E-state index contributed by atoms with van der Waals surface area (Å²) in [6, 6.07) is 0.555. The first-order valence-electron chi connectivity index (χ1n) is 6.71. The molecule has 0 aromatic carbocycles. The summed E-state index contributed by atoms with van der Waals surface area (Å²) in [7, 11) is 0. The molecule has 0 amide bonds. The highest BCUT2D eigenvalue weighted by Crippen LogP contribution is 2.21. The summed E-state index contributed by atoms with van der Waals surface area (Å²) in [6.45, 7) is 3.16. The average Bonchev–Trinajstić information content (AvgIpc) is 2.93. The van der Waals surface area contributed by atoms with Gasteiger partial charge in [-0.2, -0.15) is 10.1 Å². The minimum atomic E-state index is 0.555. The summed E-state index contributed by atoms with van der Waals surface area (Å²) in [5.41, 5.74) is 0. The lowest BCUT2D eigenvalue weighted by Gasteiger charge is -2.26. The third-order valence-electron chi connectivity index (χ3n) is 3.55. The number of hydrogen-bond acceptors (Lipinski definition) is 6. The molecule has 6 nitrogen and oxygen atoms in total. The second-order valence-electron chi connectivity index (χ2n) is 4.87. The summed E-state index contributed by atoms with van der Waals surface area (Å²) in [5.74, 6) is 1.56. The fourth-order valence-corrected chi connectivity index (χ4v) is 2.54. The first-order chi connectivity index (χ1) is 8.92. The van der Waals surface area contributed by atoms with Gasteiger partial charge < -0.3 is 15.0 Å². The van der Waals surface area contributed by atoms with E-state index < -0.39 is 0 Å². The Morgan fingerprint density at radius 2 is 2.00 bits per heavy atom. The van der Waals surface area contributed by atoms with Crippen LogP contribution in [0.25, 0.3) is 0 Å². The van der Waals surface area contributed by atoms with Gasteiger partial charge in [0.25, 0.3) is 0 Å². The van der Waals surface area contributed by atoms with Crippen LogP contribution in [-0.4, -0.2) is 47.5 Å². The van der Waals surface area contributed by atoms with E-state index in [0.29, 0.717) is 12.0 Å². The molecule has 1 aliphatic carbocycles. The van der Waals surface area contributed by atoms with E-state index in [-0.39, 0.29) is 0 Å². The summed E-state index contributed by atoms with van der Waals surface area (Å²) in [6.07, 6.45) is 6.80. The topological polar surface area (TPSA) is 63.2 Å². The Morgan fingerprint density at radius 1 is 1.22 bits per heavy atom. The van der Waals surface area contributed by atoms with Crippen LogP contribution in [0.15, 0.2) is 6.20 Å². The van der Waals surface area contributed by atoms with Crippen LogP contribution in [0.4, 0.5) is 11.8 Å². The highest BCUT2D eigenvalue weighted by atomic mass is 16.5. The van der Waals surface area contributed by atoms with Gasteiger partial charge in [-0.25, -0.2) is 0 Å². The van der Waals surface area contributed by atoms with Crippen LogP contribution < -0.4 is 10.2 Å². The molecule has 6 heteroatoms. The largest absolute Gasteiger partial charge is 0.378 e. The monoisotopic (exact) mass is 249 g/mol. The van der Waals surface area contributed by atoms with Crippen molar-refractivity contribution in [1.29, 1.82) is 0 Å². The van der Waals surface area contributed by atoms with Crippen molar-refractivity contribution in [3.8, 4) is 0 Å². The van der Waals surface area contributed by atoms with E-state index >= 15 is 0 Å². The standard InChI is InChI=1S/C12H19N5O/c1-2-4-10(3-1)14-11-9-13-16-12(15-11)17-5-7-18-8-6-17/h9-10H,1-8H2,(H,14,15,16). The van der Waals surface area contributed by atoms with Crippen molar-refractivity contribution < 1.29 is 4.74 Å². The number of aromatic nitrogens is 3. The second-order valence-corrected chi connectivity index (χ2v) is 4.87. The molecule has 2 aliphatic rings. The minimum absolute atomic E-state index is 0.555. The average molecular weight is 249 g/mol. The lowest BCUT2D eigenvalue weighted by atomic mass is 10.2. The molecule has 98 valence electrons. The molecule has 18 heavy (non-hydrogen) atoms. The van der Waals surface area contributed by atoms with E-state index in [9.17, 15) is 0 Å². The Hall–Kier alpha value is -1.43. The van der Waals surface area contributed by atoms with Gasteiger partial charge in [-0.15, -0.1) is 5.10 Å². The quantitative estimate of drug-likeness (QED) is 0.864. The van der Waals surface area contributed by atoms with Gasteiger partial charge in [0.1, 0.15) is 0 Å². The number of ether oxygens (including phenoxy) is 1. The molecule has 0 radical (unpaired) electrons. The van der Waals surface area contributed by atoms with Crippen LogP contribution in [-0.2, 0) is 4.74 Å². The zero-order chi connectivity index (χ0) is 12.2. The maximum Gasteiger partial charge on any atom is 0.247 e. The Balaban J connectivity index is 1.67. The fraction of sp³-hybridized carbons (Fsp3) is 0.750. The van der Waals surface area contributed by atoms with Crippen molar-refractivity contribution in [1.82, 2.24) is 15.2 Å². The molecule has 1 aromatic heterocycles. The molecule has 2 fully saturated rings. The lowest BCUT2D eigenvalue weighted by molar-refractivity contribution is 0.122. The zero-order valence-electron chi connectivity index (χ0n) is 10.5. The normalized spacial score (nSPS) is 21.2. The van der Waals surface area contributed by atoms with Gasteiger partial charge in [-0.3, -0.25) is 0 Å². The van der Waals surface area contributed by atoms with Gasteiger partial charge in [-0.05, 0) is 12.8 Å². The number of hydrogen-bond donors (Lipinski definition) is 1. The number of nitrogens with one attached hydrogen (secondary N) is 1. The number of rotatable bonds is 3. The highest BCUT2D eigenvalue weighted by molar-refractivity contribution is 5.40. The van der Waals surface area contributed by atoms with Gasteiger partial charge in [0, 0.05) is 19.1 Å². The Morgan fingerprint density at radius 3 is 2.78 bits per heavy atom. The van der Waals surface area contributed by atoms with Crippen molar-refractivity contribution in [2.75, 3.05) is 36.5 Å². The Labute approximate surface area is 107 Å². The van der Waals surface area contributed by atoms with Crippen LogP contribution in [0.1, 0.15) is 25.7 Å². The molecular formula is C12H19N5O. The summed E-state index contributed by atoms with van der Waals surface area (Å²) >= 11 is 0. The minimum Gasteiger partial charge on any atom is -0.378 e. The first kappa shape index (κ1) is 11.6. The van der Waals surface area contributed by atoms with Gasteiger partial charge in [0.2, 0.25) is 5.95 Å². The van der Waals surface area contributed by atoms with Crippen molar-refractivity contribution >= 4 is 11.8 Å². The summed E-state index contributed by atoms with van der Waals surface area (Å²) in [5, 5.41) is 11.6. The van der Waals surface area contributed by atoms with Gasteiger partial charge in [-0.1, -0.05) is 12.8 Å². The maximum atomic E-state index is 5.33. The Bertz CT molecular complexity index is 388. The summed E-state index contributed by atoms with van der Waals surface area (Å²) < 4.78 is 5.33. The molecule has 0 bridgehead atoms. The van der Waals surface area contributed by atoms with Crippen LogP contribution in [0.5, 0.6) is 0 Å². The van der Waals surface area contributed by atoms with Crippen LogP contribution in [0, 0.1) is 0 Å². The van der Waals surface area contributed by atoms with Crippen molar-refractivity contribution in [2.45, 2.75) is 31.7 Å². The van der Waals surface area contributed by atoms with Gasteiger partial charge >= 0.3 is 0 Å². The molecule has 1 saturated carbocycles. The highest BCUT2D eigenvalue weighted by Gasteiger charge is 2.17. The third kappa shape index (κ3) is 2.69. The SMILES string of the molecule is c1nnc(N2CCOCC2)nc1NC1CCCC1. The third-order valence-corrected chi connectivity index (χ3v) is 3.55. The van der Waals surface area contributed by atoms with E-state index in [1.807, 2.05) is 0 Å². The molecule has 1 N–H and O–H groups in total. The molecule has 1 saturated heterocycles. The fourth-order valence-electron chi connectivity index (χ4n) is 2.54. The molecule has 0 unspecified atom stereocenters. The second kappa shape index (κ2) is 5.48. The van der Waals surface area contributed by atoms with E-state index in [1.54, 1.807) is 6.20 Å². The van der Waals surface area contributed by atoms with Crippen LogP contribution >= 0.6 is 0 Å². The number of nitrogens with zero attached hydrogens (tertiary/aromatic N) is 4. The van der Waals surface area contributed by atoms with E-state index in [0.717, 1.165) is 32.1 Å². The molecule has 0 atom stereocenters. The molecule has 2 heterocycles. The van der Waals surface area contributed by atoms with Crippen molar-refractivity contribution in [2.24, 2.45) is 0 Å². The van der Waals surface area contributed by atoms with E-state index in [4.69, 9.17) is 4.74 Å². The lowest BCUT2D eigenvalue weighted by Crippen LogP contribution is -2.37. The Kier molecular flexibility index (Phi) is 3.54. The van der Waals surface area contributed by atoms with Crippen LogP contribution in [0.2, 0.25) is 0 Å². The zero-order valence-corrected chi connectivity index (χ0v) is 10.5. The van der Waals surface area contributed by atoms with Gasteiger partial charge in [0.05, 0.1) is 19.4 Å². The smallest absolute Gasteiger partial charge is 0.247 e. The maximum absolute atomic E-state index is 5.33. The predicted octanol–water partition coefficient (Wildman–Crippen LogP) is 1.06. The van der Waals surface area contributed by atoms with Gasteiger partial charge in [0.15, 0.2) is 5.82 Å². The van der Waals surface area contributed by atoms with Crippen molar-refractivity contribution in [3.05, 3.63) is 6.20 Å². The molecule has 3 rings (SSSR count). The summed E-state index contributed by atoms with van der Waals surface area (Å²) in [4.78, 5) is 6.67.